The Hall–Kier alpha value is -4.57. The molecule has 0 spiro atoms. The Bertz CT molecular complexity index is 2350. The van der Waals surface area contributed by atoms with E-state index in [4.69, 9.17) is 32.3 Å². The molecular formula is C79H132O16P2. The van der Waals surface area contributed by atoms with E-state index in [1.54, 1.807) is 0 Å². The van der Waals surface area contributed by atoms with Crippen LogP contribution in [0.1, 0.15) is 278 Å². The van der Waals surface area contributed by atoms with Crippen molar-refractivity contribution in [2.45, 2.75) is 296 Å². The van der Waals surface area contributed by atoms with Gasteiger partial charge in [0.2, 0.25) is 0 Å². The molecule has 0 rings (SSSR count). The summed E-state index contributed by atoms with van der Waals surface area (Å²) in [6, 6.07) is 0. The van der Waals surface area contributed by atoms with Gasteiger partial charge in [0.1, 0.15) is 25.4 Å². The van der Waals surface area contributed by atoms with E-state index < -0.39 is 91.5 Å². The number of phosphoric ester groups is 2. The highest BCUT2D eigenvalue weighted by Crippen LogP contribution is 2.45. The maximum absolute atomic E-state index is 12.9. The molecule has 0 heterocycles. The van der Waals surface area contributed by atoms with Crippen molar-refractivity contribution in [3.63, 3.8) is 0 Å². The molecule has 18 heteroatoms. The molecule has 0 aliphatic heterocycles. The zero-order valence-electron chi connectivity index (χ0n) is 60.2. The number of rotatable bonds is 69. The summed E-state index contributed by atoms with van der Waals surface area (Å²) in [6.07, 6.45) is 86.0. The number of allylic oxidation sites excluding steroid dienone is 24. The number of hydrogen-bond acceptors (Lipinski definition) is 14. The number of hydrogen-bond donors (Lipinski definition) is 4. The molecular weight excluding hydrogens is 1270 g/mol. The smallest absolute Gasteiger partial charge is 0.463 e. The molecule has 0 aromatic carbocycles. The first-order valence-electron chi connectivity index (χ1n) is 37.1. The highest BCUT2D eigenvalue weighted by molar-refractivity contribution is 7.47. The van der Waals surface area contributed by atoms with Gasteiger partial charge in [0.25, 0.3) is 0 Å². The molecule has 5 atom stereocenters. The number of unbranched alkanes of at least 4 members (excludes halogenated alkanes) is 22. The molecule has 5 unspecified atom stereocenters. The molecule has 0 aromatic heterocycles. The third-order valence-corrected chi connectivity index (χ3v) is 16.9. The van der Waals surface area contributed by atoms with Crippen LogP contribution >= 0.6 is 15.6 Å². The summed E-state index contributed by atoms with van der Waals surface area (Å²) in [7, 11) is -9.80. The molecule has 4 N–H and O–H groups in total. The quantitative estimate of drug-likeness (QED) is 0.0146. The molecule has 0 aliphatic rings. The van der Waals surface area contributed by atoms with Crippen LogP contribution in [0.15, 0.2) is 146 Å². The fourth-order valence-electron chi connectivity index (χ4n) is 9.42. The van der Waals surface area contributed by atoms with E-state index in [0.29, 0.717) is 19.3 Å². The number of esters is 3. The second-order valence-electron chi connectivity index (χ2n) is 24.3. The molecule has 0 aromatic rings. The largest absolute Gasteiger partial charge is 0.472 e. The summed E-state index contributed by atoms with van der Waals surface area (Å²) >= 11 is 0. The van der Waals surface area contributed by atoms with E-state index in [0.717, 1.165) is 167 Å². The van der Waals surface area contributed by atoms with Crippen LogP contribution in [0.25, 0.3) is 0 Å². The molecule has 0 radical (unpaired) electrons. The maximum Gasteiger partial charge on any atom is 0.472 e. The summed E-state index contributed by atoms with van der Waals surface area (Å²) in [5.74, 6) is -1.63. The second kappa shape index (κ2) is 71.3. The number of phosphoric acid groups is 2. The minimum Gasteiger partial charge on any atom is -0.463 e. The lowest BCUT2D eigenvalue weighted by Crippen LogP contribution is -2.30. The molecule has 0 saturated carbocycles. The predicted octanol–water partition coefficient (Wildman–Crippen LogP) is 21.3. The van der Waals surface area contributed by atoms with Gasteiger partial charge >= 0.3 is 33.6 Å². The van der Waals surface area contributed by atoms with Crippen LogP contribution in [0.5, 0.6) is 0 Å². The normalized spacial score (nSPS) is 14.9. The van der Waals surface area contributed by atoms with Gasteiger partial charge in [-0.3, -0.25) is 32.5 Å². The third kappa shape index (κ3) is 72.5. The number of ether oxygens (including phenoxy) is 3. The van der Waals surface area contributed by atoms with Crippen LogP contribution in [0.3, 0.4) is 0 Å². The van der Waals surface area contributed by atoms with Crippen LogP contribution in [0.4, 0.5) is 0 Å². The Morgan fingerprint density at radius 1 is 0.299 bits per heavy atom. The lowest BCUT2D eigenvalue weighted by atomic mass is 10.1. The molecule has 0 fully saturated rings. The standard InChI is InChI=1S/C79H132O16P2/c1-4-7-10-13-16-19-22-25-28-30-32-34-35-36-37-39-41-42-45-47-50-53-56-59-62-65-77(82)89-68-74(80)69-91-96(85,86)92-70-75(81)71-93-97(87,88)94-73-76(95-79(84)67-64-61-58-55-52-49-44-27-24-21-18-15-12-9-6-3)72-90-78(83)66-63-60-57-54-51-48-46-43-40-38-33-31-29-26-23-20-17-14-11-8-5-2/h7,9-10,12,16-21,25-29,32-34,36-38,43-44,46,74-76,80-81H,4-6,8,11,13-15,22-24,30-31,35,39-42,45,47-73H2,1-3H3,(H,85,86)(H,87,88)/b10-7-,12-9-,19-16-,20-17-,21-18-,28-25-,29-26-,34-32-,37-36-,38-33-,44-27-,46-43-. The summed E-state index contributed by atoms with van der Waals surface area (Å²) in [6.45, 7) is 2.36. The first kappa shape index (κ1) is 92.4. The van der Waals surface area contributed by atoms with Crippen molar-refractivity contribution in [3.8, 4) is 0 Å². The van der Waals surface area contributed by atoms with Crippen LogP contribution < -0.4 is 0 Å². The zero-order chi connectivity index (χ0) is 70.9. The van der Waals surface area contributed by atoms with E-state index in [1.165, 1.54) is 51.4 Å². The van der Waals surface area contributed by atoms with Crippen molar-refractivity contribution in [1.29, 1.82) is 0 Å². The Morgan fingerprint density at radius 3 is 0.866 bits per heavy atom. The fourth-order valence-corrected chi connectivity index (χ4v) is 11.0. The Kier molecular flexibility index (Phi) is 67.9. The SMILES string of the molecule is CC/C=C\C/C=C\C/C=C\C/C=C\C/C=C\CCCCCCCCCCCC(=O)OCC(O)COP(=O)(O)OCC(O)COP(=O)(O)OCC(COC(=O)CCCCCCC/C=C\C/C=C\C/C=C\C/C=C\CCCCC)OC(=O)CCCCCCC/C=C\C/C=C\C/C=C\CC. The van der Waals surface area contributed by atoms with Crippen molar-refractivity contribution in [2.24, 2.45) is 0 Å². The zero-order valence-corrected chi connectivity index (χ0v) is 62.0. The van der Waals surface area contributed by atoms with Gasteiger partial charge in [0.05, 0.1) is 26.4 Å². The molecule has 554 valence electrons. The molecule has 0 bridgehead atoms. The van der Waals surface area contributed by atoms with Gasteiger partial charge in [-0.15, -0.1) is 0 Å². The van der Waals surface area contributed by atoms with E-state index in [-0.39, 0.29) is 19.3 Å². The number of carbonyl (C=O) groups excluding carboxylic acids is 3. The van der Waals surface area contributed by atoms with Gasteiger partial charge in [0.15, 0.2) is 6.10 Å². The third-order valence-electron chi connectivity index (χ3n) is 15.0. The predicted molar refractivity (Wildman–Crippen MR) is 399 cm³/mol. The number of carbonyl (C=O) groups is 3. The van der Waals surface area contributed by atoms with Gasteiger partial charge in [0, 0.05) is 19.3 Å². The van der Waals surface area contributed by atoms with Gasteiger partial charge < -0.3 is 34.2 Å². The van der Waals surface area contributed by atoms with Gasteiger partial charge in [-0.25, -0.2) is 9.13 Å². The monoisotopic (exact) mass is 1400 g/mol. The fraction of sp³-hybridized carbons (Fsp3) is 0.658. The molecule has 16 nitrogen and oxygen atoms in total. The first-order valence-corrected chi connectivity index (χ1v) is 40.1. The molecule has 0 saturated heterocycles. The Morgan fingerprint density at radius 2 is 0.546 bits per heavy atom. The van der Waals surface area contributed by atoms with Crippen molar-refractivity contribution in [1.82, 2.24) is 0 Å². The lowest BCUT2D eigenvalue weighted by molar-refractivity contribution is -0.161. The van der Waals surface area contributed by atoms with E-state index >= 15 is 0 Å². The average Bonchev–Trinajstić information content (AvgIpc) is 1.82. The lowest BCUT2D eigenvalue weighted by Gasteiger charge is -2.21. The van der Waals surface area contributed by atoms with Crippen molar-refractivity contribution in [2.75, 3.05) is 39.6 Å². The van der Waals surface area contributed by atoms with Crippen molar-refractivity contribution in [3.05, 3.63) is 146 Å². The van der Waals surface area contributed by atoms with Crippen LogP contribution in [-0.2, 0) is 55.8 Å². The summed E-state index contributed by atoms with van der Waals surface area (Å²) in [4.78, 5) is 58.5. The van der Waals surface area contributed by atoms with Crippen molar-refractivity contribution < 1.29 is 75.8 Å². The highest BCUT2D eigenvalue weighted by atomic mass is 31.2. The van der Waals surface area contributed by atoms with Crippen LogP contribution in [0.2, 0.25) is 0 Å². The van der Waals surface area contributed by atoms with E-state index in [1.807, 2.05) is 0 Å². The van der Waals surface area contributed by atoms with Gasteiger partial charge in [-0.1, -0.05) is 263 Å². The Balaban J connectivity index is 4.64. The Labute approximate surface area is 587 Å². The average molecular weight is 1400 g/mol. The molecule has 0 amide bonds. The maximum atomic E-state index is 12.9. The topological polar surface area (TPSA) is 231 Å². The highest BCUT2D eigenvalue weighted by Gasteiger charge is 2.29. The van der Waals surface area contributed by atoms with Crippen molar-refractivity contribution >= 4 is 33.6 Å². The van der Waals surface area contributed by atoms with Gasteiger partial charge in [-0.2, -0.15) is 0 Å². The summed E-state index contributed by atoms with van der Waals surface area (Å²) in [5, 5.41) is 20.6. The minimum absolute atomic E-state index is 0.0763. The van der Waals surface area contributed by atoms with Gasteiger partial charge in [-0.05, 0) is 141 Å². The summed E-state index contributed by atoms with van der Waals surface area (Å²) < 4.78 is 61.0. The van der Waals surface area contributed by atoms with E-state index in [9.17, 15) is 43.5 Å². The summed E-state index contributed by atoms with van der Waals surface area (Å²) in [5.41, 5.74) is 0. The first-order chi connectivity index (χ1) is 47.2. The minimum atomic E-state index is -4.94. The van der Waals surface area contributed by atoms with Crippen LogP contribution in [0, 0.1) is 0 Å². The number of aliphatic hydroxyl groups is 2. The molecule has 0 aliphatic carbocycles. The van der Waals surface area contributed by atoms with E-state index in [2.05, 4.69) is 167 Å². The molecule has 97 heavy (non-hydrogen) atoms. The second-order valence-corrected chi connectivity index (χ2v) is 27.2. The van der Waals surface area contributed by atoms with Crippen LogP contribution in [-0.4, -0.2) is 95.9 Å². The number of aliphatic hydroxyl groups excluding tert-OH is 2.